The molecule has 3 aromatic rings. The minimum Gasteiger partial charge on any atom is -0.508 e. The van der Waals surface area contributed by atoms with Crippen LogP contribution >= 0.6 is 0 Å². The summed E-state index contributed by atoms with van der Waals surface area (Å²) < 4.78 is 0. The van der Waals surface area contributed by atoms with Crippen molar-refractivity contribution in [3.05, 3.63) is 71.9 Å². The second-order valence-corrected chi connectivity index (χ2v) is 4.54. The van der Waals surface area contributed by atoms with Gasteiger partial charge < -0.3 is 10.1 Å². The van der Waals surface area contributed by atoms with E-state index in [1.165, 1.54) is 6.08 Å². The summed E-state index contributed by atoms with van der Waals surface area (Å²) in [5.41, 5.74) is 2.39. The summed E-state index contributed by atoms with van der Waals surface area (Å²) in [6.07, 6.45) is 4.94. The Labute approximate surface area is 116 Å². The van der Waals surface area contributed by atoms with E-state index < -0.39 is 0 Å². The lowest BCUT2D eigenvalue weighted by Crippen LogP contribution is -1.91. The van der Waals surface area contributed by atoms with Crippen LogP contribution in [0.1, 0.15) is 15.9 Å². The van der Waals surface area contributed by atoms with Gasteiger partial charge in [0, 0.05) is 22.7 Å². The van der Waals surface area contributed by atoms with Crippen LogP contribution in [0.4, 0.5) is 0 Å². The summed E-state index contributed by atoms with van der Waals surface area (Å²) in [4.78, 5) is 15.3. The first-order chi connectivity index (χ1) is 9.74. The van der Waals surface area contributed by atoms with Gasteiger partial charge in [-0.3, -0.25) is 4.79 Å². The topological polar surface area (TPSA) is 53.1 Å². The van der Waals surface area contributed by atoms with Crippen LogP contribution in [0.5, 0.6) is 5.75 Å². The van der Waals surface area contributed by atoms with Gasteiger partial charge in [-0.05, 0) is 29.8 Å². The van der Waals surface area contributed by atoms with E-state index in [0.29, 0.717) is 5.56 Å². The fourth-order valence-corrected chi connectivity index (χ4v) is 2.17. The molecule has 0 saturated carbocycles. The van der Waals surface area contributed by atoms with E-state index in [-0.39, 0.29) is 11.5 Å². The maximum Gasteiger partial charge on any atom is 0.187 e. The van der Waals surface area contributed by atoms with Crippen LogP contribution in [-0.2, 0) is 0 Å². The minimum atomic E-state index is -0.0641. The lowest BCUT2D eigenvalue weighted by atomic mass is 10.1. The van der Waals surface area contributed by atoms with Crippen molar-refractivity contribution < 1.29 is 9.90 Å². The highest BCUT2D eigenvalue weighted by Gasteiger charge is 2.08. The maximum atomic E-state index is 12.2. The van der Waals surface area contributed by atoms with Crippen molar-refractivity contribution in [3.8, 4) is 5.75 Å². The summed E-state index contributed by atoms with van der Waals surface area (Å²) >= 11 is 0. The van der Waals surface area contributed by atoms with Crippen LogP contribution in [-0.4, -0.2) is 15.9 Å². The van der Waals surface area contributed by atoms with Gasteiger partial charge in [0.2, 0.25) is 0 Å². The first kappa shape index (κ1) is 12.2. The number of aromatic nitrogens is 1. The number of carbonyl (C=O) groups is 1. The summed E-state index contributed by atoms with van der Waals surface area (Å²) in [6.45, 7) is 0. The van der Waals surface area contributed by atoms with E-state index in [1.54, 1.807) is 30.5 Å². The number of carbonyl (C=O) groups excluding carboxylic acids is 1. The number of para-hydroxylation sites is 1. The molecule has 0 amide bonds. The molecule has 0 aliphatic carbocycles. The Morgan fingerprint density at radius 2 is 1.95 bits per heavy atom. The van der Waals surface area contributed by atoms with Gasteiger partial charge in [0.25, 0.3) is 0 Å². The molecule has 2 N–H and O–H groups in total. The molecule has 0 bridgehead atoms. The second kappa shape index (κ2) is 5.05. The third kappa shape index (κ3) is 2.34. The Bertz CT molecular complexity index is 799. The average Bonchev–Trinajstić information content (AvgIpc) is 2.89. The van der Waals surface area contributed by atoms with Crippen LogP contribution in [0.15, 0.2) is 60.8 Å². The van der Waals surface area contributed by atoms with Crippen molar-refractivity contribution in [2.75, 3.05) is 0 Å². The number of H-pyrrole nitrogens is 1. The highest BCUT2D eigenvalue weighted by atomic mass is 16.3. The third-order valence-corrected chi connectivity index (χ3v) is 3.15. The largest absolute Gasteiger partial charge is 0.508 e. The quantitative estimate of drug-likeness (QED) is 0.558. The van der Waals surface area contributed by atoms with Crippen LogP contribution in [0.3, 0.4) is 0 Å². The molecule has 3 rings (SSSR count). The standard InChI is InChI=1S/C17H13NO2/c19-13-5-3-4-12(10-13)8-9-17(20)15-11-18-16-7-2-1-6-14(15)16/h1-11,18-19H/b9-8+. The zero-order valence-corrected chi connectivity index (χ0v) is 10.7. The lowest BCUT2D eigenvalue weighted by Gasteiger charge is -1.95. The molecule has 3 heteroatoms. The second-order valence-electron chi connectivity index (χ2n) is 4.54. The molecule has 98 valence electrons. The molecular formula is C17H13NO2. The Kier molecular flexibility index (Phi) is 3.09. The highest BCUT2D eigenvalue weighted by molar-refractivity contribution is 6.14. The summed E-state index contributed by atoms with van der Waals surface area (Å²) in [7, 11) is 0. The third-order valence-electron chi connectivity index (χ3n) is 3.15. The zero-order valence-electron chi connectivity index (χ0n) is 10.7. The van der Waals surface area contributed by atoms with Crippen LogP contribution in [0, 0.1) is 0 Å². The number of ketones is 1. The number of aromatic hydroxyl groups is 1. The van der Waals surface area contributed by atoms with E-state index >= 15 is 0 Å². The molecule has 0 aliphatic rings. The number of hydrogen-bond donors (Lipinski definition) is 2. The molecule has 0 aliphatic heterocycles. The smallest absolute Gasteiger partial charge is 0.187 e. The summed E-state index contributed by atoms with van der Waals surface area (Å²) in [6, 6.07) is 14.5. The maximum absolute atomic E-state index is 12.2. The Hall–Kier alpha value is -2.81. The molecule has 2 aromatic carbocycles. The number of nitrogens with one attached hydrogen (secondary N) is 1. The fourth-order valence-electron chi connectivity index (χ4n) is 2.17. The van der Waals surface area contributed by atoms with Crippen molar-refractivity contribution in [2.24, 2.45) is 0 Å². The van der Waals surface area contributed by atoms with E-state index in [4.69, 9.17) is 0 Å². The highest BCUT2D eigenvalue weighted by Crippen LogP contribution is 2.19. The molecule has 20 heavy (non-hydrogen) atoms. The van der Waals surface area contributed by atoms with E-state index in [1.807, 2.05) is 30.3 Å². The molecule has 0 fully saturated rings. The molecular weight excluding hydrogens is 250 g/mol. The van der Waals surface area contributed by atoms with Crippen molar-refractivity contribution in [3.63, 3.8) is 0 Å². The van der Waals surface area contributed by atoms with Crippen molar-refractivity contribution in [1.29, 1.82) is 0 Å². The monoisotopic (exact) mass is 263 g/mol. The molecule has 0 radical (unpaired) electrons. The van der Waals surface area contributed by atoms with Crippen molar-refractivity contribution in [2.45, 2.75) is 0 Å². The van der Waals surface area contributed by atoms with Gasteiger partial charge in [-0.1, -0.05) is 36.4 Å². The predicted molar refractivity (Wildman–Crippen MR) is 79.8 cm³/mol. The first-order valence-electron chi connectivity index (χ1n) is 6.31. The molecule has 3 nitrogen and oxygen atoms in total. The number of phenols is 1. The molecule has 0 saturated heterocycles. The van der Waals surface area contributed by atoms with Gasteiger partial charge in [-0.25, -0.2) is 0 Å². The van der Waals surface area contributed by atoms with Crippen molar-refractivity contribution in [1.82, 2.24) is 4.98 Å². The van der Waals surface area contributed by atoms with Crippen LogP contribution in [0.2, 0.25) is 0 Å². The summed E-state index contributed by atoms with van der Waals surface area (Å²) in [5, 5.41) is 10.3. The lowest BCUT2D eigenvalue weighted by molar-refractivity contribution is 0.104. The molecule has 0 unspecified atom stereocenters. The Balaban J connectivity index is 1.90. The predicted octanol–water partition coefficient (Wildman–Crippen LogP) is 3.77. The van der Waals surface area contributed by atoms with Gasteiger partial charge in [0.05, 0.1) is 0 Å². The normalized spacial score (nSPS) is 11.2. The average molecular weight is 263 g/mol. The van der Waals surface area contributed by atoms with Crippen molar-refractivity contribution >= 4 is 22.8 Å². The van der Waals surface area contributed by atoms with Gasteiger partial charge in [-0.2, -0.15) is 0 Å². The number of phenolic OH excluding ortho intramolecular Hbond substituents is 1. The molecule has 1 aromatic heterocycles. The van der Waals surface area contributed by atoms with E-state index in [0.717, 1.165) is 16.5 Å². The van der Waals surface area contributed by atoms with E-state index in [9.17, 15) is 9.90 Å². The summed E-state index contributed by atoms with van der Waals surface area (Å²) in [5.74, 6) is 0.123. The SMILES string of the molecule is O=C(/C=C/c1cccc(O)c1)c1c[nH]c2ccccc12. The van der Waals surface area contributed by atoms with Gasteiger partial charge in [0.1, 0.15) is 5.75 Å². The van der Waals surface area contributed by atoms with Gasteiger partial charge >= 0.3 is 0 Å². The molecule has 1 heterocycles. The first-order valence-corrected chi connectivity index (χ1v) is 6.31. The number of rotatable bonds is 3. The number of aromatic amines is 1. The number of benzene rings is 2. The fraction of sp³-hybridized carbons (Fsp3) is 0. The molecule has 0 atom stereocenters. The molecule has 0 spiro atoms. The Morgan fingerprint density at radius 1 is 1.10 bits per heavy atom. The van der Waals surface area contributed by atoms with Gasteiger partial charge in [0.15, 0.2) is 5.78 Å². The number of fused-ring (bicyclic) bond motifs is 1. The van der Waals surface area contributed by atoms with Crippen LogP contribution < -0.4 is 0 Å². The van der Waals surface area contributed by atoms with E-state index in [2.05, 4.69) is 4.98 Å². The number of hydrogen-bond acceptors (Lipinski definition) is 2. The van der Waals surface area contributed by atoms with Gasteiger partial charge in [-0.15, -0.1) is 0 Å². The number of allylic oxidation sites excluding steroid dienone is 1. The Morgan fingerprint density at radius 3 is 2.80 bits per heavy atom. The van der Waals surface area contributed by atoms with Crippen LogP contribution in [0.25, 0.3) is 17.0 Å². The zero-order chi connectivity index (χ0) is 13.9. The minimum absolute atomic E-state index is 0.0641.